The van der Waals surface area contributed by atoms with E-state index < -0.39 is 11.6 Å². The van der Waals surface area contributed by atoms with E-state index in [1.54, 1.807) is 18.2 Å². The van der Waals surface area contributed by atoms with Crippen molar-refractivity contribution in [3.8, 4) is 5.75 Å². The van der Waals surface area contributed by atoms with Crippen molar-refractivity contribution in [2.45, 2.75) is 78.4 Å². The van der Waals surface area contributed by atoms with Gasteiger partial charge in [0.05, 0.1) is 4.47 Å². The fraction of sp³-hybridized carbons (Fsp3) is 0.481. The lowest BCUT2D eigenvalue weighted by Gasteiger charge is -2.33. The molecule has 0 aliphatic carbocycles. The van der Waals surface area contributed by atoms with Crippen LogP contribution in [0.1, 0.15) is 66.0 Å². The molecule has 192 valence electrons. The van der Waals surface area contributed by atoms with Crippen LogP contribution >= 0.6 is 39.1 Å². The molecule has 0 bridgehead atoms. The number of hydrogen-bond acceptors (Lipinski definition) is 3. The molecule has 0 saturated heterocycles. The maximum Gasteiger partial charge on any atom is 0.261 e. The number of ether oxygens (including phenoxy) is 1. The summed E-state index contributed by atoms with van der Waals surface area (Å²) in [4.78, 5) is 28.1. The van der Waals surface area contributed by atoms with Gasteiger partial charge in [0.2, 0.25) is 5.91 Å². The van der Waals surface area contributed by atoms with E-state index in [1.165, 1.54) is 4.90 Å². The molecule has 5 nitrogen and oxygen atoms in total. The van der Waals surface area contributed by atoms with Gasteiger partial charge in [-0.25, -0.2) is 0 Å². The van der Waals surface area contributed by atoms with Crippen LogP contribution in [0.2, 0.25) is 10.0 Å². The zero-order valence-corrected chi connectivity index (χ0v) is 24.6. The zero-order valence-electron chi connectivity index (χ0n) is 21.5. The van der Waals surface area contributed by atoms with E-state index >= 15 is 0 Å². The van der Waals surface area contributed by atoms with Crippen LogP contribution < -0.4 is 10.1 Å². The second kappa shape index (κ2) is 12.0. The molecule has 2 aromatic rings. The number of nitrogens with zero attached hydrogens (tertiary/aromatic N) is 1. The second-order valence-electron chi connectivity index (χ2n) is 10.6. The van der Waals surface area contributed by atoms with Gasteiger partial charge in [-0.05, 0) is 78.4 Å². The SMILES string of the molecule is CC[C@H](C(=O)NC(C)(C)C)N(Cc1c(Cl)cccc1Cl)C(=O)COc1ccc(C(C)(C)C)cc1Br. The van der Waals surface area contributed by atoms with E-state index in [0.29, 0.717) is 27.8 Å². The molecule has 0 radical (unpaired) electrons. The maximum absolute atomic E-state index is 13.5. The number of nitrogens with one attached hydrogen (secondary N) is 1. The van der Waals surface area contributed by atoms with Gasteiger partial charge in [0.1, 0.15) is 11.8 Å². The molecule has 2 amide bonds. The first-order valence-corrected chi connectivity index (χ1v) is 13.2. The molecule has 1 N–H and O–H groups in total. The lowest BCUT2D eigenvalue weighted by atomic mass is 9.87. The van der Waals surface area contributed by atoms with Gasteiger partial charge < -0.3 is 15.0 Å². The number of halogens is 3. The Morgan fingerprint density at radius 2 is 1.66 bits per heavy atom. The third-order valence-electron chi connectivity index (χ3n) is 5.42. The predicted molar refractivity (Wildman–Crippen MR) is 147 cm³/mol. The van der Waals surface area contributed by atoms with E-state index in [2.05, 4.69) is 42.0 Å². The number of carbonyl (C=O) groups is 2. The monoisotopic (exact) mass is 584 g/mol. The molecular weight excluding hydrogens is 551 g/mol. The molecule has 2 rings (SSSR count). The van der Waals surface area contributed by atoms with Crippen LogP contribution in [-0.2, 0) is 21.5 Å². The largest absolute Gasteiger partial charge is 0.483 e. The number of carbonyl (C=O) groups excluding carboxylic acids is 2. The van der Waals surface area contributed by atoms with Crippen LogP contribution in [0.15, 0.2) is 40.9 Å². The van der Waals surface area contributed by atoms with Crippen LogP contribution in [0, 0.1) is 0 Å². The minimum Gasteiger partial charge on any atom is -0.483 e. The van der Waals surface area contributed by atoms with Crippen molar-refractivity contribution >= 4 is 50.9 Å². The summed E-state index contributed by atoms with van der Waals surface area (Å²) in [7, 11) is 0. The lowest BCUT2D eigenvalue weighted by Crippen LogP contribution is -2.54. The smallest absolute Gasteiger partial charge is 0.261 e. The molecule has 8 heteroatoms. The summed E-state index contributed by atoms with van der Waals surface area (Å²) in [6.07, 6.45) is 0.416. The number of amides is 2. The number of rotatable bonds is 8. The molecule has 35 heavy (non-hydrogen) atoms. The Hall–Kier alpha value is -1.76. The van der Waals surface area contributed by atoms with E-state index in [9.17, 15) is 9.59 Å². The molecule has 0 heterocycles. The maximum atomic E-state index is 13.5. The van der Waals surface area contributed by atoms with Crippen LogP contribution in [0.3, 0.4) is 0 Å². The van der Waals surface area contributed by atoms with E-state index in [4.69, 9.17) is 27.9 Å². The minimum absolute atomic E-state index is 0.0172. The number of benzene rings is 2. The van der Waals surface area contributed by atoms with Gasteiger partial charge >= 0.3 is 0 Å². The summed E-state index contributed by atoms with van der Waals surface area (Å²) in [5.74, 6) is -0.0369. The van der Waals surface area contributed by atoms with Gasteiger partial charge in [-0.3, -0.25) is 9.59 Å². The molecule has 0 aliphatic rings. The van der Waals surface area contributed by atoms with E-state index in [1.807, 2.05) is 45.9 Å². The first-order chi connectivity index (χ1) is 16.1. The van der Waals surface area contributed by atoms with Gasteiger partial charge in [0.25, 0.3) is 5.91 Å². The normalized spacial score (nSPS) is 12.7. The van der Waals surface area contributed by atoms with Crippen molar-refractivity contribution in [2.24, 2.45) is 0 Å². The topological polar surface area (TPSA) is 58.6 Å². The van der Waals surface area contributed by atoms with Crippen LogP contribution in [0.5, 0.6) is 5.75 Å². The Bertz CT molecular complexity index is 1040. The fourth-order valence-electron chi connectivity index (χ4n) is 3.53. The highest BCUT2D eigenvalue weighted by molar-refractivity contribution is 9.10. The summed E-state index contributed by atoms with van der Waals surface area (Å²) in [5.41, 5.74) is 1.26. The molecule has 0 saturated carbocycles. The zero-order chi connectivity index (χ0) is 26.6. The van der Waals surface area contributed by atoms with Crippen LogP contribution in [0.4, 0.5) is 0 Å². The van der Waals surface area contributed by atoms with Gasteiger partial charge in [-0.1, -0.05) is 63.0 Å². The summed E-state index contributed by atoms with van der Waals surface area (Å²) in [6.45, 7) is 13.8. The third kappa shape index (κ3) is 8.40. The highest BCUT2D eigenvalue weighted by atomic mass is 79.9. The molecule has 2 aromatic carbocycles. The molecule has 0 aromatic heterocycles. The van der Waals surface area contributed by atoms with Crippen molar-refractivity contribution in [2.75, 3.05) is 6.61 Å². The first kappa shape index (κ1) is 29.5. The molecule has 1 atom stereocenters. The van der Waals surface area contributed by atoms with Crippen LogP contribution in [-0.4, -0.2) is 34.9 Å². The summed E-state index contributed by atoms with van der Waals surface area (Å²) in [5, 5.41) is 3.84. The first-order valence-electron chi connectivity index (χ1n) is 11.6. The Morgan fingerprint density at radius 1 is 1.06 bits per heavy atom. The van der Waals surface area contributed by atoms with Crippen molar-refractivity contribution in [1.29, 1.82) is 0 Å². The quantitative estimate of drug-likeness (QED) is 0.358. The van der Waals surface area contributed by atoms with Crippen molar-refractivity contribution in [3.63, 3.8) is 0 Å². The highest BCUT2D eigenvalue weighted by Crippen LogP contribution is 2.32. The van der Waals surface area contributed by atoms with Gasteiger partial charge in [-0.15, -0.1) is 0 Å². The summed E-state index contributed by atoms with van der Waals surface area (Å²) < 4.78 is 6.65. The highest BCUT2D eigenvalue weighted by Gasteiger charge is 2.32. The number of hydrogen-bond donors (Lipinski definition) is 1. The van der Waals surface area contributed by atoms with Crippen molar-refractivity contribution in [3.05, 3.63) is 62.0 Å². The minimum atomic E-state index is -0.718. The van der Waals surface area contributed by atoms with Crippen molar-refractivity contribution < 1.29 is 14.3 Å². The fourth-order valence-corrected chi connectivity index (χ4v) is 4.54. The Labute approximate surface area is 227 Å². The molecule has 0 aliphatic heterocycles. The van der Waals surface area contributed by atoms with Crippen LogP contribution in [0.25, 0.3) is 0 Å². The average molecular weight is 586 g/mol. The average Bonchev–Trinajstić information content (AvgIpc) is 2.72. The standard InChI is InChI=1S/C27H35BrCl2N2O3/c1-8-22(25(34)31-27(5,6)7)32(15-18-20(29)10-9-11-21(18)30)24(33)16-35-23-13-12-17(14-19(23)28)26(2,3)4/h9-14,22H,8,15-16H2,1-7H3,(H,31,34)/t22-/m1/s1. The summed E-state index contributed by atoms with van der Waals surface area (Å²) >= 11 is 16.3. The summed E-state index contributed by atoms with van der Waals surface area (Å²) in [6, 6.07) is 10.3. The Morgan fingerprint density at radius 3 is 2.14 bits per heavy atom. The van der Waals surface area contributed by atoms with E-state index in [0.717, 1.165) is 10.0 Å². The van der Waals surface area contributed by atoms with Crippen molar-refractivity contribution in [1.82, 2.24) is 10.2 Å². The van der Waals surface area contributed by atoms with Gasteiger partial charge in [0, 0.05) is 27.7 Å². The Balaban J connectivity index is 2.33. The molecule has 0 fully saturated rings. The molecule has 0 spiro atoms. The Kier molecular flexibility index (Phi) is 10.1. The lowest BCUT2D eigenvalue weighted by molar-refractivity contribution is -0.143. The predicted octanol–water partition coefficient (Wildman–Crippen LogP) is 7.15. The third-order valence-corrected chi connectivity index (χ3v) is 6.75. The molecule has 0 unspecified atom stereocenters. The molecular formula is C27H35BrCl2N2O3. The van der Waals surface area contributed by atoms with E-state index in [-0.39, 0.29) is 30.4 Å². The van der Waals surface area contributed by atoms with Gasteiger partial charge in [0.15, 0.2) is 6.61 Å². The van der Waals surface area contributed by atoms with Gasteiger partial charge in [-0.2, -0.15) is 0 Å². The second-order valence-corrected chi connectivity index (χ2v) is 12.2.